The number of hydrogen-bond donors (Lipinski definition) is 1. The molecule has 0 spiro atoms. The van der Waals surface area contributed by atoms with Gasteiger partial charge in [0.05, 0.1) is 0 Å². The predicted molar refractivity (Wildman–Crippen MR) is 73.6 cm³/mol. The Labute approximate surface area is 109 Å². The van der Waals surface area contributed by atoms with Crippen LogP contribution in [0.15, 0.2) is 43.0 Å². The molecule has 1 aromatic carbocycles. The molecule has 0 aliphatic rings. The predicted octanol–water partition coefficient (Wildman–Crippen LogP) is 2.44. The molecule has 0 radical (unpaired) electrons. The van der Waals surface area contributed by atoms with Gasteiger partial charge in [0.2, 0.25) is 0 Å². The summed E-state index contributed by atoms with van der Waals surface area (Å²) in [6, 6.07) is 9.69. The second kappa shape index (κ2) is 5.83. The minimum atomic E-state index is -0.955. The van der Waals surface area contributed by atoms with Crippen molar-refractivity contribution in [2.75, 3.05) is 14.1 Å². The number of nitrogens with zero attached hydrogens (tertiary/aromatic N) is 1. The number of carboxylic acid groups (broad SMARTS) is 1. The minimum absolute atomic E-state index is 0.148. The van der Waals surface area contributed by atoms with Crippen LogP contribution in [0.4, 0.5) is 0 Å². The maximum atomic E-state index is 11.8. The molecule has 0 aromatic heterocycles. The number of likely N-dealkylation sites (N-methyl/N-ethyl adjacent to an activating group) is 1. The van der Waals surface area contributed by atoms with Crippen molar-refractivity contribution < 1.29 is 9.90 Å². The Bertz CT molecular complexity index is 414. The Morgan fingerprint density at radius 1 is 1.44 bits per heavy atom. The summed E-state index contributed by atoms with van der Waals surface area (Å²) in [6.07, 6.45) is 2.17. The Balaban J connectivity index is 3.19. The molecule has 1 aromatic rings. The fourth-order valence-corrected chi connectivity index (χ4v) is 2.29. The number of aliphatic carboxylic acids is 1. The lowest BCUT2D eigenvalue weighted by molar-refractivity contribution is -0.152. The van der Waals surface area contributed by atoms with Crippen molar-refractivity contribution in [1.82, 2.24) is 4.90 Å². The molecule has 2 atom stereocenters. The standard InChI is InChI=1S/C15H21NO2/c1-5-12(2)15(14(17)18,16(3)4)11-13-9-7-6-8-10-13/h5-10,12H,1,11H2,2-4H3,(H,17,18). The van der Waals surface area contributed by atoms with Crippen molar-refractivity contribution in [2.45, 2.75) is 18.9 Å². The lowest BCUT2D eigenvalue weighted by Crippen LogP contribution is -2.57. The summed E-state index contributed by atoms with van der Waals surface area (Å²) < 4.78 is 0. The van der Waals surface area contributed by atoms with Crippen LogP contribution in [0.3, 0.4) is 0 Å². The van der Waals surface area contributed by atoms with E-state index in [-0.39, 0.29) is 5.92 Å². The van der Waals surface area contributed by atoms with Crippen LogP contribution in [-0.2, 0) is 11.2 Å². The monoisotopic (exact) mass is 247 g/mol. The van der Waals surface area contributed by atoms with Gasteiger partial charge in [0.1, 0.15) is 5.54 Å². The highest BCUT2D eigenvalue weighted by Crippen LogP contribution is 2.29. The summed E-state index contributed by atoms with van der Waals surface area (Å²) in [6.45, 7) is 5.64. The fraction of sp³-hybridized carbons (Fsp3) is 0.400. The number of carboxylic acids is 1. The molecule has 3 heteroatoms. The Morgan fingerprint density at radius 3 is 2.39 bits per heavy atom. The number of benzene rings is 1. The third-order valence-electron chi connectivity index (χ3n) is 3.59. The van der Waals surface area contributed by atoms with Crippen LogP contribution in [0, 0.1) is 5.92 Å². The van der Waals surface area contributed by atoms with Gasteiger partial charge in [-0.2, -0.15) is 0 Å². The average molecular weight is 247 g/mol. The van der Waals surface area contributed by atoms with Crippen molar-refractivity contribution in [2.24, 2.45) is 5.92 Å². The maximum Gasteiger partial charge on any atom is 0.325 e. The Morgan fingerprint density at radius 2 is 2.00 bits per heavy atom. The Kier molecular flexibility index (Phi) is 4.68. The van der Waals surface area contributed by atoms with Crippen LogP contribution in [0.2, 0.25) is 0 Å². The van der Waals surface area contributed by atoms with E-state index in [2.05, 4.69) is 6.58 Å². The van der Waals surface area contributed by atoms with Crippen molar-refractivity contribution in [3.63, 3.8) is 0 Å². The molecular weight excluding hydrogens is 226 g/mol. The molecule has 0 bridgehead atoms. The van der Waals surface area contributed by atoms with Gasteiger partial charge in [0, 0.05) is 12.3 Å². The van der Waals surface area contributed by atoms with E-state index in [0.29, 0.717) is 6.42 Å². The molecule has 1 N–H and O–H groups in total. The highest BCUT2D eigenvalue weighted by molar-refractivity contribution is 5.80. The lowest BCUT2D eigenvalue weighted by atomic mass is 9.78. The zero-order valence-electron chi connectivity index (χ0n) is 11.3. The van der Waals surface area contributed by atoms with E-state index >= 15 is 0 Å². The molecule has 98 valence electrons. The smallest absolute Gasteiger partial charge is 0.325 e. The van der Waals surface area contributed by atoms with Gasteiger partial charge in [-0.05, 0) is 19.7 Å². The molecule has 0 amide bonds. The van der Waals surface area contributed by atoms with Crippen LogP contribution in [0.5, 0.6) is 0 Å². The number of carbonyl (C=O) groups is 1. The third-order valence-corrected chi connectivity index (χ3v) is 3.59. The zero-order chi connectivity index (χ0) is 13.8. The van der Waals surface area contributed by atoms with Gasteiger partial charge in [-0.1, -0.05) is 43.3 Å². The summed E-state index contributed by atoms with van der Waals surface area (Å²) in [4.78, 5) is 13.6. The van der Waals surface area contributed by atoms with Crippen LogP contribution < -0.4 is 0 Å². The number of rotatable bonds is 6. The molecule has 0 saturated carbocycles. The van der Waals surface area contributed by atoms with Gasteiger partial charge in [-0.3, -0.25) is 9.69 Å². The highest BCUT2D eigenvalue weighted by atomic mass is 16.4. The van der Waals surface area contributed by atoms with Gasteiger partial charge < -0.3 is 5.11 Å². The van der Waals surface area contributed by atoms with Crippen molar-refractivity contribution in [3.05, 3.63) is 48.6 Å². The largest absolute Gasteiger partial charge is 0.480 e. The van der Waals surface area contributed by atoms with Crippen LogP contribution in [0.25, 0.3) is 0 Å². The van der Waals surface area contributed by atoms with Crippen molar-refractivity contribution >= 4 is 5.97 Å². The second-order valence-corrected chi connectivity index (χ2v) is 4.81. The van der Waals surface area contributed by atoms with Gasteiger partial charge in [-0.25, -0.2) is 0 Å². The van der Waals surface area contributed by atoms with Gasteiger partial charge >= 0.3 is 5.97 Å². The molecule has 3 nitrogen and oxygen atoms in total. The normalized spacial score (nSPS) is 16.0. The summed E-state index contributed by atoms with van der Waals surface area (Å²) >= 11 is 0. The van der Waals surface area contributed by atoms with E-state index in [0.717, 1.165) is 5.56 Å². The van der Waals surface area contributed by atoms with E-state index in [4.69, 9.17) is 0 Å². The first-order valence-electron chi connectivity index (χ1n) is 6.02. The molecule has 0 aliphatic carbocycles. The first-order valence-corrected chi connectivity index (χ1v) is 6.02. The van der Waals surface area contributed by atoms with E-state index in [9.17, 15) is 9.90 Å². The van der Waals surface area contributed by atoms with Gasteiger partial charge in [-0.15, -0.1) is 6.58 Å². The second-order valence-electron chi connectivity index (χ2n) is 4.81. The topological polar surface area (TPSA) is 40.5 Å². The lowest BCUT2D eigenvalue weighted by Gasteiger charge is -2.39. The van der Waals surface area contributed by atoms with E-state index in [1.165, 1.54) is 0 Å². The van der Waals surface area contributed by atoms with Gasteiger partial charge in [0.25, 0.3) is 0 Å². The SMILES string of the molecule is C=CC(C)C(Cc1ccccc1)(C(=O)O)N(C)C. The maximum absolute atomic E-state index is 11.8. The average Bonchev–Trinajstić information content (AvgIpc) is 2.35. The van der Waals surface area contributed by atoms with E-state index in [1.807, 2.05) is 37.3 Å². The molecule has 18 heavy (non-hydrogen) atoms. The van der Waals surface area contributed by atoms with E-state index < -0.39 is 11.5 Å². The van der Waals surface area contributed by atoms with Gasteiger partial charge in [0.15, 0.2) is 0 Å². The molecule has 0 fully saturated rings. The van der Waals surface area contributed by atoms with Crippen molar-refractivity contribution in [1.29, 1.82) is 0 Å². The first kappa shape index (κ1) is 14.5. The molecule has 0 heterocycles. The molecular formula is C15H21NO2. The van der Waals surface area contributed by atoms with Crippen LogP contribution in [0.1, 0.15) is 12.5 Å². The zero-order valence-corrected chi connectivity index (χ0v) is 11.3. The molecule has 1 rings (SSSR count). The summed E-state index contributed by atoms with van der Waals surface area (Å²) in [5, 5.41) is 9.67. The quantitative estimate of drug-likeness (QED) is 0.785. The molecule has 2 unspecified atom stereocenters. The summed E-state index contributed by atoms with van der Waals surface area (Å²) in [7, 11) is 3.61. The minimum Gasteiger partial charge on any atom is -0.480 e. The molecule has 0 saturated heterocycles. The highest BCUT2D eigenvalue weighted by Gasteiger charge is 2.44. The molecule has 0 aliphatic heterocycles. The van der Waals surface area contributed by atoms with Crippen LogP contribution in [-0.4, -0.2) is 35.6 Å². The fourth-order valence-electron chi connectivity index (χ4n) is 2.29. The third kappa shape index (κ3) is 2.62. The summed E-state index contributed by atoms with van der Waals surface area (Å²) in [5.74, 6) is -0.964. The summed E-state index contributed by atoms with van der Waals surface area (Å²) in [5.41, 5.74) is 0.0608. The first-order chi connectivity index (χ1) is 8.45. The van der Waals surface area contributed by atoms with Crippen molar-refractivity contribution in [3.8, 4) is 0 Å². The van der Waals surface area contributed by atoms with E-state index in [1.54, 1.807) is 25.1 Å². The number of hydrogen-bond acceptors (Lipinski definition) is 2. The van der Waals surface area contributed by atoms with Crippen LogP contribution >= 0.6 is 0 Å². The Hall–Kier alpha value is -1.61.